The van der Waals surface area contributed by atoms with E-state index in [1.165, 1.54) is 0 Å². The van der Waals surface area contributed by atoms with Crippen LogP contribution >= 0.6 is 0 Å². The van der Waals surface area contributed by atoms with E-state index >= 15 is 0 Å². The second kappa shape index (κ2) is 6.33. The predicted octanol–water partition coefficient (Wildman–Crippen LogP) is 2.07. The molecule has 18 heavy (non-hydrogen) atoms. The Labute approximate surface area is 108 Å². The molecule has 2 aromatic heterocycles. The Bertz CT molecular complexity index is 439. The molecule has 4 heteroatoms. The van der Waals surface area contributed by atoms with Crippen molar-refractivity contribution < 1.29 is 4.42 Å². The minimum Gasteiger partial charge on any atom is -0.468 e. The van der Waals surface area contributed by atoms with E-state index in [1.54, 1.807) is 6.26 Å². The number of hydrogen-bond acceptors (Lipinski definition) is 4. The second-order valence-electron chi connectivity index (χ2n) is 4.45. The maximum absolute atomic E-state index is 5.46. The quantitative estimate of drug-likeness (QED) is 0.846. The number of furan rings is 1. The molecular weight excluding hydrogens is 226 g/mol. The predicted molar refractivity (Wildman–Crippen MR) is 71.1 cm³/mol. The number of aromatic nitrogens is 1. The van der Waals surface area contributed by atoms with E-state index in [-0.39, 0.29) is 6.04 Å². The van der Waals surface area contributed by atoms with Gasteiger partial charge in [-0.05, 0) is 38.4 Å². The highest BCUT2D eigenvalue weighted by Crippen LogP contribution is 2.17. The minimum atomic E-state index is 0.240. The largest absolute Gasteiger partial charge is 0.468 e. The lowest BCUT2D eigenvalue weighted by Gasteiger charge is -2.22. The molecule has 2 rings (SSSR count). The van der Waals surface area contributed by atoms with Crippen LogP contribution < -0.4 is 5.32 Å². The molecular formula is C14H19N3O. The molecule has 0 aromatic carbocycles. The van der Waals surface area contributed by atoms with Crippen molar-refractivity contribution in [2.45, 2.75) is 12.6 Å². The Morgan fingerprint density at radius 2 is 2.17 bits per heavy atom. The number of hydrogen-bond donors (Lipinski definition) is 1. The Morgan fingerprint density at radius 1 is 1.28 bits per heavy atom. The fraction of sp³-hybridized carbons (Fsp3) is 0.357. The van der Waals surface area contributed by atoms with Gasteiger partial charge in [0.25, 0.3) is 0 Å². The van der Waals surface area contributed by atoms with Gasteiger partial charge in [0.15, 0.2) is 0 Å². The molecule has 2 aromatic rings. The molecule has 0 saturated heterocycles. The standard InChI is InChI=1S/C14H19N3O/c1-17(2)13(14-7-5-9-18-14)11-15-10-12-6-3-4-8-16-12/h3-9,13,15H,10-11H2,1-2H3. The summed E-state index contributed by atoms with van der Waals surface area (Å²) in [5.74, 6) is 0.980. The second-order valence-corrected chi connectivity index (χ2v) is 4.45. The average molecular weight is 245 g/mol. The van der Waals surface area contributed by atoms with Crippen LogP contribution in [0.2, 0.25) is 0 Å². The van der Waals surface area contributed by atoms with Crippen LogP contribution in [0.15, 0.2) is 47.2 Å². The molecule has 0 spiro atoms. The van der Waals surface area contributed by atoms with Crippen molar-refractivity contribution in [1.29, 1.82) is 0 Å². The van der Waals surface area contributed by atoms with Crippen LogP contribution in [-0.2, 0) is 6.54 Å². The lowest BCUT2D eigenvalue weighted by molar-refractivity contribution is 0.250. The number of likely N-dealkylation sites (N-methyl/N-ethyl adjacent to an activating group) is 1. The van der Waals surface area contributed by atoms with Crippen molar-refractivity contribution >= 4 is 0 Å². The van der Waals surface area contributed by atoms with E-state index in [0.717, 1.165) is 24.5 Å². The van der Waals surface area contributed by atoms with Crippen molar-refractivity contribution in [3.8, 4) is 0 Å². The first-order valence-electron chi connectivity index (χ1n) is 6.08. The van der Waals surface area contributed by atoms with E-state index < -0.39 is 0 Å². The van der Waals surface area contributed by atoms with Crippen LogP contribution in [-0.4, -0.2) is 30.5 Å². The summed E-state index contributed by atoms with van der Waals surface area (Å²) < 4.78 is 5.46. The smallest absolute Gasteiger partial charge is 0.122 e. The lowest BCUT2D eigenvalue weighted by Crippen LogP contribution is -2.30. The summed E-state index contributed by atoms with van der Waals surface area (Å²) in [4.78, 5) is 6.43. The number of rotatable bonds is 6. The summed E-state index contributed by atoms with van der Waals surface area (Å²) in [5.41, 5.74) is 1.05. The summed E-state index contributed by atoms with van der Waals surface area (Å²) in [6, 6.07) is 10.1. The maximum atomic E-state index is 5.46. The number of nitrogens with zero attached hydrogens (tertiary/aromatic N) is 2. The van der Waals surface area contributed by atoms with Gasteiger partial charge < -0.3 is 9.73 Å². The molecule has 1 atom stereocenters. The summed E-state index contributed by atoms with van der Waals surface area (Å²) in [6.45, 7) is 1.60. The number of nitrogens with one attached hydrogen (secondary N) is 1. The first-order chi connectivity index (χ1) is 8.77. The maximum Gasteiger partial charge on any atom is 0.122 e. The molecule has 1 N–H and O–H groups in total. The van der Waals surface area contributed by atoms with Gasteiger partial charge >= 0.3 is 0 Å². The molecule has 0 amide bonds. The van der Waals surface area contributed by atoms with Crippen molar-refractivity contribution in [3.63, 3.8) is 0 Å². The normalized spacial score (nSPS) is 12.8. The van der Waals surface area contributed by atoms with Gasteiger partial charge in [0, 0.05) is 19.3 Å². The minimum absolute atomic E-state index is 0.240. The van der Waals surface area contributed by atoms with Crippen molar-refractivity contribution in [2.24, 2.45) is 0 Å². The van der Waals surface area contributed by atoms with Gasteiger partial charge in [-0.2, -0.15) is 0 Å². The topological polar surface area (TPSA) is 41.3 Å². The van der Waals surface area contributed by atoms with Gasteiger partial charge in [0.05, 0.1) is 18.0 Å². The Hall–Kier alpha value is -1.65. The molecule has 0 aliphatic heterocycles. The zero-order valence-corrected chi connectivity index (χ0v) is 10.8. The molecule has 2 heterocycles. The van der Waals surface area contributed by atoms with E-state index in [4.69, 9.17) is 4.42 Å². The van der Waals surface area contributed by atoms with E-state index in [9.17, 15) is 0 Å². The van der Waals surface area contributed by atoms with Gasteiger partial charge in [0.1, 0.15) is 5.76 Å². The molecule has 0 saturated carbocycles. The highest BCUT2D eigenvalue weighted by Gasteiger charge is 2.16. The van der Waals surface area contributed by atoms with E-state index in [0.29, 0.717) is 0 Å². The van der Waals surface area contributed by atoms with Crippen molar-refractivity contribution in [1.82, 2.24) is 15.2 Å². The molecule has 0 fully saturated rings. The van der Waals surface area contributed by atoms with Crippen molar-refractivity contribution in [2.75, 3.05) is 20.6 Å². The molecule has 0 radical (unpaired) electrons. The third kappa shape index (κ3) is 3.42. The van der Waals surface area contributed by atoms with Gasteiger partial charge in [-0.3, -0.25) is 9.88 Å². The van der Waals surface area contributed by atoms with Crippen LogP contribution in [0.4, 0.5) is 0 Å². The van der Waals surface area contributed by atoms with Crippen LogP contribution in [0, 0.1) is 0 Å². The van der Waals surface area contributed by atoms with Crippen LogP contribution in [0.5, 0.6) is 0 Å². The zero-order valence-electron chi connectivity index (χ0n) is 10.8. The molecule has 0 aliphatic carbocycles. The highest BCUT2D eigenvalue weighted by molar-refractivity contribution is 5.06. The molecule has 4 nitrogen and oxygen atoms in total. The fourth-order valence-corrected chi connectivity index (χ4v) is 1.86. The van der Waals surface area contributed by atoms with Crippen LogP contribution in [0.1, 0.15) is 17.5 Å². The Morgan fingerprint density at radius 3 is 2.78 bits per heavy atom. The van der Waals surface area contributed by atoms with E-state index in [1.807, 2.05) is 36.5 Å². The summed E-state index contributed by atoms with van der Waals surface area (Å²) >= 11 is 0. The molecule has 0 bridgehead atoms. The third-order valence-electron chi connectivity index (χ3n) is 2.86. The molecule has 0 aliphatic rings. The third-order valence-corrected chi connectivity index (χ3v) is 2.86. The SMILES string of the molecule is CN(C)C(CNCc1ccccn1)c1ccco1. The molecule has 96 valence electrons. The first kappa shape index (κ1) is 12.8. The summed E-state index contributed by atoms with van der Waals surface area (Å²) in [6.07, 6.45) is 3.53. The van der Waals surface area contributed by atoms with Gasteiger partial charge in [-0.25, -0.2) is 0 Å². The first-order valence-corrected chi connectivity index (χ1v) is 6.08. The number of pyridine rings is 1. The average Bonchev–Trinajstić information content (AvgIpc) is 2.89. The molecule has 1 unspecified atom stereocenters. The summed E-state index contributed by atoms with van der Waals surface area (Å²) in [5, 5.41) is 3.41. The van der Waals surface area contributed by atoms with Crippen LogP contribution in [0.3, 0.4) is 0 Å². The van der Waals surface area contributed by atoms with Gasteiger partial charge in [0.2, 0.25) is 0 Å². The monoisotopic (exact) mass is 245 g/mol. The summed E-state index contributed by atoms with van der Waals surface area (Å²) in [7, 11) is 4.10. The van der Waals surface area contributed by atoms with Crippen molar-refractivity contribution in [3.05, 3.63) is 54.2 Å². The van der Waals surface area contributed by atoms with Gasteiger partial charge in [-0.15, -0.1) is 0 Å². The Balaban J connectivity index is 1.87. The fourth-order valence-electron chi connectivity index (χ4n) is 1.86. The Kier molecular flexibility index (Phi) is 4.50. The van der Waals surface area contributed by atoms with Gasteiger partial charge in [-0.1, -0.05) is 6.07 Å². The van der Waals surface area contributed by atoms with Crippen LogP contribution in [0.25, 0.3) is 0 Å². The zero-order chi connectivity index (χ0) is 12.8. The van der Waals surface area contributed by atoms with E-state index in [2.05, 4.69) is 29.3 Å². The lowest BCUT2D eigenvalue weighted by atomic mass is 10.2. The highest BCUT2D eigenvalue weighted by atomic mass is 16.3.